The highest BCUT2D eigenvalue weighted by Gasteiger charge is 2.12. The van der Waals surface area contributed by atoms with Crippen molar-refractivity contribution >= 4 is 35.0 Å². The molecule has 2 aromatic rings. The van der Waals surface area contributed by atoms with E-state index in [1.54, 1.807) is 6.07 Å². The van der Waals surface area contributed by atoms with Crippen LogP contribution in [0.25, 0.3) is 0 Å². The Morgan fingerprint density at radius 1 is 1.07 bits per heavy atom. The lowest BCUT2D eigenvalue weighted by molar-refractivity contribution is -0.120. The van der Waals surface area contributed by atoms with E-state index >= 15 is 0 Å². The second-order valence-electron chi connectivity index (χ2n) is 5.93. The summed E-state index contributed by atoms with van der Waals surface area (Å²) in [5.74, 6) is -0.698. The summed E-state index contributed by atoms with van der Waals surface area (Å²) in [5.41, 5.74) is 1.39. The van der Waals surface area contributed by atoms with Crippen molar-refractivity contribution in [2.45, 2.75) is 19.4 Å². The minimum Gasteiger partial charge on any atom is -0.374 e. The Morgan fingerprint density at radius 3 is 2.52 bits per heavy atom. The maximum Gasteiger partial charge on any atom is 0.253 e. The third kappa shape index (κ3) is 7.21. The molecule has 0 saturated carbocycles. The zero-order valence-corrected chi connectivity index (χ0v) is 16.5. The number of hydrogen-bond acceptors (Lipinski definition) is 3. The van der Waals surface area contributed by atoms with Crippen LogP contribution in [0.5, 0.6) is 0 Å². The Labute approximate surface area is 169 Å². The zero-order chi connectivity index (χ0) is 19.6. The van der Waals surface area contributed by atoms with Gasteiger partial charge in [0.15, 0.2) is 0 Å². The van der Waals surface area contributed by atoms with Crippen molar-refractivity contribution in [3.05, 3.63) is 69.7 Å². The van der Waals surface area contributed by atoms with Gasteiger partial charge in [-0.15, -0.1) is 0 Å². The second kappa shape index (κ2) is 10.9. The molecule has 2 aromatic carbocycles. The zero-order valence-electron chi connectivity index (χ0n) is 15.0. The maximum absolute atomic E-state index is 12.0. The lowest BCUT2D eigenvalue weighted by Crippen LogP contribution is -2.37. The van der Waals surface area contributed by atoms with E-state index in [0.717, 1.165) is 5.56 Å². The van der Waals surface area contributed by atoms with E-state index in [-0.39, 0.29) is 29.1 Å². The molecule has 0 aliphatic rings. The van der Waals surface area contributed by atoms with Gasteiger partial charge in [-0.25, -0.2) is 0 Å². The van der Waals surface area contributed by atoms with Crippen LogP contribution in [0.4, 0.5) is 0 Å². The van der Waals surface area contributed by atoms with Crippen LogP contribution in [0.15, 0.2) is 48.5 Å². The van der Waals surface area contributed by atoms with Crippen molar-refractivity contribution in [2.75, 3.05) is 19.7 Å². The summed E-state index contributed by atoms with van der Waals surface area (Å²) in [6.07, 6.45) is 0.685. The molecule has 0 saturated heterocycles. The summed E-state index contributed by atoms with van der Waals surface area (Å²) in [7, 11) is 0. The molecular formula is C20H22Cl2N2O3. The molecule has 0 heterocycles. The van der Waals surface area contributed by atoms with Crippen molar-refractivity contribution in [3.63, 3.8) is 0 Å². The van der Waals surface area contributed by atoms with Crippen LogP contribution in [0.1, 0.15) is 35.4 Å². The summed E-state index contributed by atoms with van der Waals surface area (Å²) in [6, 6.07) is 14.5. The normalized spacial score (nSPS) is 11.7. The largest absolute Gasteiger partial charge is 0.374 e. The Morgan fingerprint density at radius 2 is 1.81 bits per heavy atom. The monoisotopic (exact) mass is 408 g/mol. The van der Waals surface area contributed by atoms with Gasteiger partial charge >= 0.3 is 0 Å². The first-order valence-electron chi connectivity index (χ1n) is 8.64. The lowest BCUT2D eigenvalue weighted by atomic mass is 10.1. The molecule has 0 bridgehead atoms. The van der Waals surface area contributed by atoms with E-state index in [1.807, 2.05) is 37.3 Å². The maximum atomic E-state index is 12.0. The van der Waals surface area contributed by atoms with Crippen LogP contribution < -0.4 is 10.6 Å². The van der Waals surface area contributed by atoms with E-state index < -0.39 is 5.91 Å². The van der Waals surface area contributed by atoms with Crippen molar-refractivity contribution < 1.29 is 14.3 Å². The third-order valence-corrected chi connectivity index (χ3v) is 4.41. The third-order valence-electron chi connectivity index (χ3n) is 3.87. The Hall–Kier alpha value is -2.08. The highest BCUT2D eigenvalue weighted by Crippen LogP contribution is 2.20. The van der Waals surface area contributed by atoms with Crippen LogP contribution >= 0.6 is 23.2 Å². The van der Waals surface area contributed by atoms with Crippen LogP contribution in [0.3, 0.4) is 0 Å². The highest BCUT2D eigenvalue weighted by molar-refractivity contribution is 6.36. The van der Waals surface area contributed by atoms with Gasteiger partial charge < -0.3 is 15.4 Å². The number of ether oxygens (including phenoxy) is 1. The molecule has 0 aliphatic heterocycles. The first-order chi connectivity index (χ1) is 13.0. The molecule has 27 heavy (non-hydrogen) atoms. The molecule has 144 valence electrons. The first kappa shape index (κ1) is 21.2. The van der Waals surface area contributed by atoms with Gasteiger partial charge in [-0.3, -0.25) is 9.59 Å². The van der Waals surface area contributed by atoms with Gasteiger partial charge in [0, 0.05) is 18.2 Å². The van der Waals surface area contributed by atoms with Gasteiger partial charge in [-0.2, -0.15) is 0 Å². The smallest absolute Gasteiger partial charge is 0.253 e. The number of nitrogens with one attached hydrogen (secondary N) is 2. The number of hydrogen-bond donors (Lipinski definition) is 2. The van der Waals surface area contributed by atoms with E-state index in [1.165, 1.54) is 12.1 Å². The van der Waals surface area contributed by atoms with Crippen LogP contribution in [0, 0.1) is 0 Å². The van der Waals surface area contributed by atoms with E-state index in [0.29, 0.717) is 24.6 Å². The molecule has 2 rings (SSSR count). The van der Waals surface area contributed by atoms with Crippen molar-refractivity contribution in [1.29, 1.82) is 0 Å². The molecule has 5 nitrogen and oxygen atoms in total. The fraction of sp³-hybridized carbons (Fsp3) is 0.300. The van der Waals surface area contributed by atoms with Gasteiger partial charge in [0.2, 0.25) is 5.91 Å². The number of rotatable bonds is 9. The molecule has 2 amide bonds. The quantitative estimate of drug-likeness (QED) is 0.615. The van der Waals surface area contributed by atoms with Crippen molar-refractivity contribution in [2.24, 2.45) is 0 Å². The number of benzene rings is 2. The summed E-state index contributed by atoms with van der Waals surface area (Å²) < 4.78 is 5.74. The predicted octanol–water partition coefficient (Wildman–Crippen LogP) is 4.01. The number of carbonyl (C=O) groups is 2. The SMILES string of the molecule is CC(OCCCNC(=O)CNC(=O)c1ccc(Cl)cc1Cl)c1ccccc1. The van der Waals surface area contributed by atoms with Gasteiger partial charge in [-0.05, 0) is 37.1 Å². The van der Waals surface area contributed by atoms with Crippen molar-refractivity contribution in [1.82, 2.24) is 10.6 Å². The van der Waals surface area contributed by atoms with Gasteiger partial charge in [0.05, 0.1) is 23.2 Å². The Kier molecular flexibility index (Phi) is 8.58. The molecule has 0 aliphatic carbocycles. The Bertz CT molecular complexity index is 769. The first-order valence-corrected chi connectivity index (χ1v) is 9.39. The number of carbonyl (C=O) groups excluding carboxylic acids is 2. The minimum atomic E-state index is -0.424. The fourth-order valence-electron chi connectivity index (χ4n) is 2.37. The predicted molar refractivity (Wildman–Crippen MR) is 107 cm³/mol. The summed E-state index contributed by atoms with van der Waals surface area (Å²) in [6.45, 7) is 2.87. The summed E-state index contributed by atoms with van der Waals surface area (Å²) >= 11 is 11.8. The van der Waals surface area contributed by atoms with Gasteiger partial charge in [0.25, 0.3) is 5.91 Å². The molecule has 2 N–H and O–H groups in total. The number of halogens is 2. The van der Waals surface area contributed by atoms with Gasteiger partial charge in [-0.1, -0.05) is 53.5 Å². The molecule has 0 spiro atoms. The lowest BCUT2D eigenvalue weighted by Gasteiger charge is -2.13. The molecule has 0 aromatic heterocycles. The Balaban J connectivity index is 1.61. The van der Waals surface area contributed by atoms with Gasteiger partial charge in [0.1, 0.15) is 0 Å². The van der Waals surface area contributed by atoms with Crippen LogP contribution in [0.2, 0.25) is 10.0 Å². The molecule has 7 heteroatoms. The fourth-order valence-corrected chi connectivity index (χ4v) is 2.87. The molecule has 0 fully saturated rings. The topological polar surface area (TPSA) is 67.4 Å². The van der Waals surface area contributed by atoms with E-state index in [9.17, 15) is 9.59 Å². The molecule has 1 atom stereocenters. The molecule has 0 radical (unpaired) electrons. The average molecular weight is 409 g/mol. The standard InChI is InChI=1S/C20H22Cl2N2O3/c1-14(15-6-3-2-4-7-15)27-11-5-10-23-19(25)13-24-20(26)17-9-8-16(21)12-18(17)22/h2-4,6-9,12,14H,5,10-11,13H2,1H3,(H,23,25)(H,24,26). The highest BCUT2D eigenvalue weighted by atomic mass is 35.5. The minimum absolute atomic E-state index is 0.00492. The second-order valence-corrected chi connectivity index (χ2v) is 6.78. The van der Waals surface area contributed by atoms with E-state index in [4.69, 9.17) is 27.9 Å². The molecule has 1 unspecified atom stereocenters. The van der Waals surface area contributed by atoms with Crippen molar-refractivity contribution in [3.8, 4) is 0 Å². The average Bonchev–Trinajstić information content (AvgIpc) is 2.66. The van der Waals surface area contributed by atoms with E-state index in [2.05, 4.69) is 10.6 Å². The molecular weight excluding hydrogens is 387 g/mol. The summed E-state index contributed by atoms with van der Waals surface area (Å²) in [4.78, 5) is 23.8. The number of amides is 2. The van der Waals surface area contributed by atoms with Crippen LogP contribution in [-0.2, 0) is 9.53 Å². The summed E-state index contributed by atoms with van der Waals surface area (Å²) in [5, 5.41) is 5.95. The van der Waals surface area contributed by atoms with Crippen LogP contribution in [-0.4, -0.2) is 31.5 Å².